The summed E-state index contributed by atoms with van der Waals surface area (Å²) in [5, 5.41) is 5.76. The summed E-state index contributed by atoms with van der Waals surface area (Å²) in [6.07, 6.45) is 8.91. The van der Waals surface area contributed by atoms with Gasteiger partial charge >= 0.3 is 0 Å². The maximum atomic E-state index is 12.9. The van der Waals surface area contributed by atoms with Crippen LogP contribution in [-0.4, -0.2) is 20.4 Å². The minimum Gasteiger partial charge on any atom is -0.339 e. The fraction of sp³-hybridized carbons (Fsp3) is 0.240. The van der Waals surface area contributed by atoms with Crippen LogP contribution in [0, 0.1) is 0 Å². The van der Waals surface area contributed by atoms with Gasteiger partial charge in [0, 0.05) is 36.4 Å². The first-order chi connectivity index (χ1) is 15.3. The summed E-state index contributed by atoms with van der Waals surface area (Å²) in [5.74, 6) is 0.929. The number of carbonyl (C=O) groups is 1. The van der Waals surface area contributed by atoms with E-state index in [1.54, 1.807) is 12.4 Å². The third kappa shape index (κ3) is 4.44. The van der Waals surface area contributed by atoms with Crippen LogP contribution in [0.15, 0.2) is 78.6 Å². The van der Waals surface area contributed by atoms with E-state index in [0.717, 1.165) is 24.1 Å². The van der Waals surface area contributed by atoms with Crippen LogP contribution >= 0.6 is 11.3 Å². The SMILES string of the molecule is O=C(Nc1nc([C@@H]2CC[C@H](c3ccccc3)C2)cs1)c1cccn1Cc1ccncc1. The van der Waals surface area contributed by atoms with Gasteiger partial charge in [0.05, 0.1) is 5.69 Å². The lowest BCUT2D eigenvalue weighted by molar-refractivity contribution is 0.101. The molecule has 156 valence electrons. The Morgan fingerprint density at radius 2 is 1.84 bits per heavy atom. The number of amides is 1. The number of aromatic nitrogens is 3. The van der Waals surface area contributed by atoms with E-state index in [-0.39, 0.29) is 5.91 Å². The molecule has 1 fully saturated rings. The highest BCUT2D eigenvalue weighted by molar-refractivity contribution is 7.14. The monoisotopic (exact) mass is 428 g/mol. The maximum absolute atomic E-state index is 12.9. The van der Waals surface area contributed by atoms with Crippen molar-refractivity contribution in [2.75, 3.05) is 5.32 Å². The molecule has 0 spiro atoms. The Labute approximate surface area is 185 Å². The zero-order chi connectivity index (χ0) is 21.0. The van der Waals surface area contributed by atoms with E-state index in [0.29, 0.717) is 29.2 Å². The predicted octanol–water partition coefficient (Wildman–Crippen LogP) is 5.69. The van der Waals surface area contributed by atoms with Gasteiger partial charge in [0.2, 0.25) is 0 Å². The summed E-state index contributed by atoms with van der Waals surface area (Å²) in [4.78, 5) is 21.7. The molecule has 0 radical (unpaired) electrons. The average molecular weight is 429 g/mol. The van der Waals surface area contributed by atoms with Gasteiger partial charge in [-0.25, -0.2) is 4.98 Å². The third-order valence-corrected chi connectivity index (χ3v) is 6.80. The molecule has 5 nitrogen and oxygen atoms in total. The van der Waals surface area contributed by atoms with Crippen LogP contribution < -0.4 is 5.32 Å². The topological polar surface area (TPSA) is 59.8 Å². The Balaban J connectivity index is 1.24. The minimum atomic E-state index is -0.131. The molecule has 1 aromatic carbocycles. The smallest absolute Gasteiger partial charge is 0.274 e. The van der Waals surface area contributed by atoms with Gasteiger partial charge < -0.3 is 4.57 Å². The van der Waals surface area contributed by atoms with Crippen molar-refractivity contribution in [2.45, 2.75) is 37.6 Å². The lowest BCUT2D eigenvalue weighted by Gasteiger charge is -2.10. The number of rotatable bonds is 6. The van der Waals surface area contributed by atoms with E-state index in [2.05, 4.69) is 46.0 Å². The second-order valence-electron chi connectivity index (χ2n) is 8.03. The molecule has 1 N–H and O–H groups in total. The summed E-state index contributed by atoms with van der Waals surface area (Å²) in [6, 6.07) is 18.4. The highest BCUT2D eigenvalue weighted by Crippen LogP contribution is 2.44. The second kappa shape index (κ2) is 8.86. The molecular weight excluding hydrogens is 404 g/mol. The number of benzene rings is 1. The lowest BCUT2D eigenvalue weighted by atomic mass is 9.96. The number of hydrogen-bond acceptors (Lipinski definition) is 4. The quantitative estimate of drug-likeness (QED) is 0.429. The first kappa shape index (κ1) is 19.7. The summed E-state index contributed by atoms with van der Waals surface area (Å²) < 4.78 is 1.95. The molecule has 0 bridgehead atoms. The van der Waals surface area contributed by atoms with Gasteiger partial charge in [0.1, 0.15) is 5.69 Å². The zero-order valence-corrected chi connectivity index (χ0v) is 18.0. The van der Waals surface area contributed by atoms with Gasteiger partial charge in [-0.1, -0.05) is 30.3 Å². The fourth-order valence-electron chi connectivity index (χ4n) is 4.41. The number of thiazole rings is 1. The number of carbonyl (C=O) groups excluding carboxylic acids is 1. The van der Waals surface area contributed by atoms with E-state index >= 15 is 0 Å². The summed E-state index contributed by atoms with van der Waals surface area (Å²) in [6.45, 7) is 0.629. The van der Waals surface area contributed by atoms with E-state index in [9.17, 15) is 4.79 Å². The van der Waals surface area contributed by atoms with Crippen LogP contribution in [0.25, 0.3) is 0 Å². The second-order valence-corrected chi connectivity index (χ2v) is 8.88. The minimum absolute atomic E-state index is 0.131. The van der Waals surface area contributed by atoms with Crippen molar-refractivity contribution in [1.29, 1.82) is 0 Å². The molecule has 1 saturated carbocycles. The molecule has 0 aliphatic heterocycles. The summed E-state index contributed by atoms with van der Waals surface area (Å²) in [5.41, 5.74) is 4.25. The fourth-order valence-corrected chi connectivity index (χ4v) is 5.20. The van der Waals surface area contributed by atoms with Crippen molar-refractivity contribution in [1.82, 2.24) is 14.5 Å². The lowest BCUT2D eigenvalue weighted by Crippen LogP contribution is -2.17. The Kier molecular flexibility index (Phi) is 5.63. The highest BCUT2D eigenvalue weighted by Gasteiger charge is 2.28. The van der Waals surface area contributed by atoms with Crippen LogP contribution in [0.3, 0.4) is 0 Å². The molecule has 1 amide bonds. The number of nitrogens with zero attached hydrogens (tertiary/aromatic N) is 3. The molecule has 3 aromatic heterocycles. The highest BCUT2D eigenvalue weighted by atomic mass is 32.1. The van der Waals surface area contributed by atoms with E-state index in [4.69, 9.17) is 4.98 Å². The largest absolute Gasteiger partial charge is 0.339 e. The number of anilines is 1. The van der Waals surface area contributed by atoms with Crippen molar-refractivity contribution in [3.8, 4) is 0 Å². The van der Waals surface area contributed by atoms with Gasteiger partial charge in [-0.2, -0.15) is 0 Å². The predicted molar refractivity (Wildman–Crippen MR) is 124 cm³/mol. The molecule has 6 heteroatoms. The number of nitrogens with one attached hydrogen (secondary N) is 1. The molecule has 5 rings (SSSR count). The van der Waals surface area contributed by atoms with Gasteiger partial charge in [0.15, 0.2) is 5.13 Å². The van der Waals surface area contributed by atoms with Crippen molar-refractivity contribution >= 4 is 22.4 Å². The van der Waals surface area contributed by atoms with Crippen LogP contribution in [0.4, 0.5) is 5.13 Å². The van der Waals surface area contributed by atoms with E-state index in [1.807, 2.05) is 35.0 Å². The molecule has 4 aromatic rings. The maximum Gasteiger partial charge on any atom is 0.274 e. The van der Waals surface area contributed by atoms with Gasteiger partial charge in [0.25, 0.3) is 5.91 Å². The molecular formula is C25H24N4OS. The number of pyridine rings is 1. The zero-order valence-electron chi connectivity index (χ0n) is 17.1. The van der Waals surface area contributed by atoms with Gasteiger partial charge in [-0.05, 0) is 60.6 Å². The van der Waals surface area contributed by atoms with Crippen molar-refractivity contribution in [2.24, 2.45) is 0 Å². The molecule has 1 aliphatic carbocycles. The molecule has 2 atom stereocenters. The van der Waals surface area contributed by atoms with Crippen LogP contribution in [0.2, 0.25) is 0 Å². The molecule has 31 heavy (non-hydrogen) atoms. The Morgan fingerprint density at radius 1 is 1.03 bits per heavy atom. The van der Waals surface area contributed by atoms with E-state index in [1.165, 1.54) is 23.3 Å². The molecule has 0 unspecified atom stereocenters. The normalized spacial score (nSPS) is 18.2. The van der Waals surface area contributed by atoms with Crippen molar-refractivity contribution in [3.05, 3.63) is 101 Å². The Bertz CT molecular complexity index is 1150. The van der Waals surface area contributed by atoms with Gasteiger partial charge in [-0.15, -0.1) is 11.3 Å². The van der Waals surface area contributed by atoms with E-state index < -0.39 is 0 Å². The standard InChI is InChI=1S/C25H24N4OS/c30-24(23-7-4-14-29(23)16-18-10-12-26-13-11-18)28-25-27-22(17-31-25)21-9-8-20(15-21)19-5-2-1-3-6-19/h1-7,10-14,17,20-21H,8-9,15-16H2,(H,27,28,30)/t20-,21+/m0/s1. The summed E-state index contributed by atoms with van der Waals surface area (Å²) in [7, 11) is 0. The van der Waals surface area contributed by atoms with Crippen LogP contribution in [-0.2, 0) is 6.54 Å². The van der Waals surface area contributed by atoms with Gasteiger partial charge in [-0.3, -0.25) is 15.1 Å². The van der Waals surface area contributed by atoms with Crippen LogP contribution in [0.1, 0.15) is 58.4 Å². The van der Waals surface area contributed by atoms with Crippen molar-refractivity contribution < 1.29 is 4.79 Å². The first-order valence-electron chi connectivity index (χ1n) is 10.6. The third-order valence-electron chi connectivity index (χ3n) is 6.03. The molecule has 1 aliphatic rings. The molecule has 0 saturated heterocycles. The summed E-state index contributed by atoms with van der Waals surface area (Å²) >= 11 is 1.51. The Morgan fingerprint density at radius 3 is 2.68 bits per heavy atom. The number of hydrogen-bond donors (Lipinski definition) is 1. The molecule has 3 heterocycles. The Hall–Kier alpha value is -3.25. The van der Waals surface area contributed by atoms with Crippen LogP contribution in [0.5, 0.6) is 0 Å². The first-order valence-corrected chi connectivity index (χ1v) is 11.5. The average Bonchev–Trinajstić information content (AvgIpc) is 3.56. The van der Waals surface area contributed by atoms with Crippen molar-refractivity contribution in [3.63, 3.8) is 0 Å².